The van der Waals surface area contributed by atoms with Crippen LogP contribution in [0.3, 0.4) is 0 Å². The number of anilines is 2. The van der Waals surface area contributed by atoms with E-state index in [2.05, 4.69) is 5.32 Å². The number of halogens is 2. The molecule has 7 heteroatoms. The van der Waals surface area contributed by atoms with Crippen molar-refractivity contribution in [3.63, 3.8) is 0 Å². The number of rotatable bonds is 3. The monoisotopic (exact) mass is 348 g/mol. The Hall–Kier alpha value is -2.41. The Balaban J connectivity index is 1.97. The number of nitrogens with zero attached hydrogens (tertiary/aromatic N) is 1. The van der Waals surface area contributed by atoms with Gasteiger partial charge in [0.25, 0.3) is 0 Å². The predicted molar refractivity (Wildman–Crippen MR) is 89.8 cm³/mol. The Bertz CT molecular complexity index is 813. The largest absolute Gasteiger partial charge is 0.326 e. The molecule has 1 N–H and O–H groups in total. The van der Waals surface area contributed by atoms with Gasteiger partial charge in [-0.2, -0.15) is 0 Å². The molecule has 4 nitrogen and oxygen atoms in total. The van der Waals surface area contributed by atoms with Gasteiger partial charge in [0.2, 0.25) is 11.8 Å². The van der Waals surface area contributed by atoms with E-state index in [1.54, 1.807) is 24.3 Å². The van der Waals surface area contributed by atoms with E-state index in [1.165, 1.54) is 29.7 Å². The van der Waals surface area contributed by atoms with Gasteiger partial charge in [0.15, 0.2) is 0 Å². The second-order valence-corrected chi connectivity index (χ2v) is 6.40. The van der Waals surface area contributed by atoms with Crippen LogP contribution in [0.2, 0.25) is 0 Å². The Kier molecular flexibility index (Phi) is 4.53. The summed E-state index contributed by atoms with van der Waals surface area (Å²) in [4.78, 5) is 24.8. The van der Waals surface area contributed by atoms with Gasteiger partial charge in [-0.3, -0.25) is 14.5 Å². The lowest BCUT2D eigenvalue weighted by Gasteiger charge is -2.25. The zero-order valence-corrected chi connectivity index (χ0v) is 13.6. The summed E-state index contributed by atoms with van der Waals surface area (Å²) < 4.78 is 27.3. The van der Waals surface area contributed by atoms with E-state index in [1.807, 2.05) is 0 Å². The Morgan fingerprint density at radius 1 is 1.25 bits per heavy atom. The minimum atomic E-state index is -0.783. The molecule has 124 valence electrons. The maximum Gasteiger partial charge on any atom is 0.238 e. The maximum atomic E-state index is 14.1. The van der Waals surface area contributed by atoms with E-state index in [0.29, 0.717) is 5.69 Å². The highest BCUT2D eigenvalue weighted by Gasteiger charge is 2.35. The number of amides is 2. The number of hydrogen-bond donors (Lipinski definition) is 1. The molecule has 1 fully saturated rings. The Labute approximate surface area is 141 Å². The van der Waals surface area contributed by atoms with Crippen LogP contribution in [0.25, 0.3) is 0 Å². The van der Waals surface area contributed by atoms with Gasteiger partial charge < -0.3 is 5.32 Å². The summed E-state index contributed by atoms with van der Waals surface area (Å²) in [5.74, 6) is -1.73. The van der Waals surface area contributed by atoms with E-state index in [9.17, 15) is 18.4 Å². The van der Waals surface area contributed by atoms with Crippen LogP contribution >= 0.6 is 11.8 Å². The fourth-order valence-corrected chi connectivity index (χ4v) is 3.74. The Morgan fingerprint density at radius 2 is 2.04 bits per heavy atom. The molecule has 0 spiro atoms. The van der Waals surface area contributed by atoms with Gasteiger partial charge in [0.05, 0.1) is 11.4 Å². The summed E-state index contributed by atoms with van der Waals surface area (Å²) in [5.41, 5.74) is 1.39. The van der Waals surface area contributed by atoms with E-state index in [4.69, 9.17) is 0 Å². The van der Waals surface area contributed by atoms with Crippen molar-refractivity contribution >= 4 is 35.0 Å². The fraction of sp³-hybridized carbons (Fsp3) is 0.176. The molecule has 0 saturated carbocycles. The average molecular weight is 348 g/mol. The normalized spacial score (nSPS) is 17.2. The van der Waals surface area contributed by atoms with E-state index in [-0.39, 0.29) is 23.3 Å². The van der Waals surface area contributed by atoms with Gasteiger partial charge in [-0.25, -0.2) is 8.78 Å². The van der Waals surface area contributed by atoms with E-state index >= 15 is 0 Å². The van der Waals surface area contributed by atoms with Crippen molar-refractivity contribution in [3.05, 3.63) is 59.7 Å². The molecule has 0 bridgehead atoms. The first-order valence-corrected chi connectivity index (χ1v) is 8.27. The Morgan fingerprint density at radius 3 is 2.75 bits per heavy atom. The number of carbonyl (C=O) groups excluding carboxylic acids is 2. The molecular formula is C17H14F2N2O2S. The quantitative estimate of drug-likeness (QED) is 0.920. The zero-order chi connectivity index (χ0) is 17.3. The lowest BCUT2D eigenvalue weighted by atomic mass is 10.1. The topological polar surface area (TPSA) is 49.4 Å². The summed E-state index contributed by atoms with van der Waals surface area (Å²) in [6.07, 6.45) is 0. The van der Waals surface area contributed by atoms with Gasteiger partial charge in [-0.05, 0) is 29.8 Å². The molecule has 0 radical (unpaired) electrons. The van der Waals surface area contributed by atoms with Crippen LogP contribution in [-0.4, -0.2) is 17.6 Å². The van der Waals surface area contributed by atoms with Gasteiger partial charge in [-0.1, -0.05) is 12.1 Å². The van der Waals surface area contributed by atoms with Gasteiger partial charge in [0, 0.05) is 18.7 Å². The minimum Gasteiger partial charge on any atom is -0.326 e. The molecule has 0 aromatic heterocycles. The SMILES string of the molecule is CC(=O)Nc1cccc([C@@H]2SCC(=O)N2c2ccc(F)cc2F)c1. The van der Waals surface area contributed by atoms with Crippen LogP contribution in [0.5, 0.6) is 0 Å². The van der Waals surface area contributed by atoms with E-state index < -0.39 is 17.0 Å². The highest BCUT2D eigenvalue weighted by atomic mass is 32.2. The first kappa shape index (κ1) is 16.4. The second kappa shape index (κ2) is 6.60. The van der Waals surface area contributed by atoms with Gasteiger partial charge in [-0.15, -0.1) is 11.8 Å². The highest BCUT2D eigenvalue weighted by Crippen LogP contribution is 2.43. The molecule has 1 atom stereocenters. The molecule has 1 heterocycles. The number of hydrogen-bond acceptors (Lipinski definition) is 3. The lowest BCUT2D eigenvalue weighted by Crippen LogP contribution is -2.28. The van der Waals surface area contributed by atoms with Gasteiger partial charge in [0.1, 0.15) is 17.0 Å². The van der Waals surface area contributed by atoms with Crippen molar-refractivity contribution in [2.24, 2.45) is 0 Å². The van der Waals surface area contributed by atoms with Crippen molar-refractivity contribution in [1.29, 1.82) is 0 Å². The molecule has 2 aromatic carbocycles. The summed E-state index contributed by atoms with van der Waals surface area (Å²) in [6, 6.07) is 10.2. The molecule has 0 aliphatic carbocycles. The van der Waals surface area contributed by atoms with Crippen molar-refractivity contribution in [3.8, 4) is 0 Å². The second-order valence-electron chi connectivity index (χ2n) is 5.33. The van der Waals surface area contributed by atoms with Gasteiger partial charge >= 0.3 is 0 Å². The zero-order valence-electron chi connectivity index (χ0n) is 12.8. The summed E-state index contributed by atoms with van der Waals surface area (Å²) in [6.45, 7) is 1.40. The summed E-state index contributed by atoms with van der Waals surface area (Å²) >= 11 is 1.35. The number of thioether (sulfide) groups is 1. The molecule has 24 heavy (non-hydrogen) atoms. The van der Waals surface area contributed by atoms with Crippen LogP contribution < -0.4 is 10.2 Å². The van der Waals surface area contributed by atoms with E-state index in [0.717, 1.165) is 17.7 Å². The standard InChI is InChI=1S/C17H14F2N2O2S/c1-10(22)20-13-4-2-3-11(7-13)17-21(16(23)9-24-17)15-6-5-12(18)8-14(15)19/h2-8,17H,9H2,1H3,(H,20,22)/t17-/m0/s1. The molecule has 1 saturated heterocycles. The minimum absolute atomic E-state index is 0.0429. The lowest BCUT2D eigenvalue weighted by molar-refractivity contribution is -0.116. The maximum absolute atomic E-state index is 14.1. The van der Waals surface area contributed by atoms with Crippen molar-refractivity contribution < 1.29 is 18.4 Å². The van der Waals surface area contributed by atoms with Crippen LogP contribution in [-0.2, 0) is 9.59 Å². The number of benzene rings is 2. The molecule has 0 unspecified atom stereocenters. The highest BCUT2D eigenvalue weighted by molar-refractivity contribution is 8.00. The third kappa shape index (κ3) is 3.26. The first-order valence-electron chi connectivity index (χ1n) is 7.22. The molecular weight excluding hydrogens is 334 g/mol. The van der Waals surface area contributed by atoms with Crippen molar-refractivity contribution in [2.75, 3.05) is 16.0 Å². The predicted octanol–water partition coefficient (Wildman–Crippen LogP) is 3.70. The average Bonchev–Trinajstić information content (AvgIpc) is 2.89. The first-order chi connectivity index (χ1) is 11.5. The number of nitrogens with one attached hydrogen (secondary N) is 1. The van der Waals surface area contributed by atoms with Crippen LogP contribution in [0, 0.1) is 11.6 Å². The molecule has 2 aromatic rings. The van der Waals surface area contributed by atoms with Crippen molar-refractivity contribution in [2.45, 2.75) is 12.3 Å². The number of carbonyl (C=O) groups is 2. The summed E-state index contributed by atoms with van der Waals surface area (Å²) in [5, 5.41) is 2.24. The van der Waals surface area contributed by atoms with Crippen LogP contribution in [0.15, 0.2) is 42.5 Å². The van der Waals surface area contributed by atoms with Crippen LogP contribution in [0.1, 0.15) is 17.9 Å². The fourth-order valence-electron chi connectivity index (χ4n) is 2.58. The molecule has 2 amide bonds. The molecule has 3 rings (SSSR count). The van der Waals surface area contributed by atoms with Crippen LogP contribution in [0.4, 0.5) is 20.2 Å². The third-order valence-electron chi connectivity index (χ3n) is 3.53. The molecule has 1 aliphatic rings. The summed E-state index contributed by atoms with van der Waals surface area (Å²) in [7, 11) is 0. The third-order valence-corrected chi connectivity index (χ3v) is 4.74. The van der Waals surface area contributed by atoms with Crippen molar-refractivity contribution in [1.82, 2.24) is 0 Å². The smallest absolute Gasteiger partial charge is 0.238 e. The molecule has 1 aliphatic heterocycles.